The fourth-order valence-corrected chi connectivity index (χ4v) is 3.66. The van der Waals surface area contributed by atoms with Crippen molar-refractivity contribution < 1.29 is 5.11 Å². The van der Waals surface area contributed by atoms with E-state index < -0.39 is 0 Å². The highest BCUT2D eigenvalue weighted by Gasteiger charge is 2.26. The molecular weight excluding hydrogens is 248 g/mol. The Morgan fingerprint density at radius 2 is 2.05 bits per heavy atom. The number of aliphatic hydroxyl groups excluding tert-OH is 1. The van der Waals surface area contributed by atoms with E-state index in [1.807, 2.05) is 0 Å². The molecule has 1 fully saturated rings. The van der Waals surface area contributed by atoms with E-state index in [2.05, 4.69) is 38.0 Å². The lowest BCUT2D eigenvalue weighted by Gasteiger charge is -2.36. The van der Waals surface area contributed by atoms with Crippen molar-refractivity contribution in [1.82, 2.24) is 10.2 Å². The molecule has 0 aromatic rings. The Morgan fingerprint density at radius 3 is 2.60 bits per heavy atom. The van der Waals surface area contributed by atoms with Crippen molar-refractivity contribution in [3.63, 3.8) is 0 Å². The van der Waals surface area contributed by atoms with E-state index >= 15 is 0 Å². The maximum atomic E-state index is 9.68. The summed E-state index contributed by atoms with van der Waals surface area (Å²) in [6, 6.07) is 0.781. The van der Waals surface area contributed by atoms with E-state index in [0.29, 0.717) is 0 Å². The van der Waals surface area contributed by atoms with Crippen LogP contribution in [0.15, 0.2) is 0 Å². The third-order valence-electron chi connectivity index (χ3n) is 5.23. The van der Waals surface area contributed by atoms with Crippen LogP contribution in [0.2, 0.25) is 0 Å². The van der Waals surface area contributed by atoms with Crippen molar-refractivity contribution in [2.24, 2.45) is 5.92 Å². The van der Waals surface area contributed by atoms with Gasteiger partial charge in [-0.05, 0) is 58.2 Å². The Balaban J connectivity index is 2.34. The van der Waals surface area contributed by atoms with Gasteiger partial charge in [0.05, 0.1) is 6.61 Å². The van der Waals surface area contributed by atoms with Gasteiger partial charge < -0.3 is 15.3 Å². The summed E-state index contributed by atoms with van der Waals surface area (Å²) in [7, 11) is 2.28. The average Bonchev–Trinajstić information content (AvgIpc) is 2.46. The minimum atomic E-state index is -0.0601. The number of aliphatic hydroxyl groups is 1. The number of rotatable bonds is 9. The Hall–Kier alpha value is -0.120. The maximum Gasteiger partial charge on any atom is 0.0613 e. The predicted octanol–water partition coefficient (Wildman–Crippen LogP) is 3.03. The molecule has 0 amide bonds. The molecule has 0 aromatic heterocycles. The Kier molecular flexibility index (Phi) is 8.08. The number of nitrogens with zero attached hydrogens (tertiary/aromatic N) is 1. The Bertz CT molecular complexity index is 253. The molecule has 1 rings (SSSR count). The molecule has 1 aliphatic rings. The Morgan fingerprint density at radius 1 is 1.30 bits per heavy atom. The standard InChI is InChI=1S/C17H36N2O/c1-5-17(14-20,18-6-2)11-8-12-19(4)16-10-7-9-15(3)13-16/h15-16,18,20H,5-14H2,1-4H3. The summed E-state index contributed by atoms with van der Waals surface area (Å²) >= 11 is 0. The van der Waals surface area contributed by atoms with E-state index in [4.69, 9.17) is 0 Å². The van der Waals surface area contributed by atoms with Gasteiger partial charge in [0.1, 0.15) is 0 Å². The molecule has 0 heterocycles. The highest BCUT2D eigenvalue weighted by Crippen LogP contribution is 2.27. The van der Waals surface area contributed by atoms with Crippen LogP contribution in [0.4, 0.5) is 0 Å². The highest BCUT2D eigenvalue weighted by atomic mass is 16.3. The van der Waals surface area contributed by atoms with E-state index in [9.17, 15) is 5.11 Å². The number of nitrogens with one attached hydrogen (secondary N) is 1. The Labute approximate surface area is 126 Å². The zero-order chi connectivity index (χ0) is 15.0. The minimum absolute atomic E-state index is 0.0601. The first-order valence-electron chi connectivity index (χ1n) is 8.63. The largest absolute Gasteiger partial charge is 0.394 e. The van der Waals surface area contributed by atoms with Crippen molar-refractivity contribution in [1.29, 1.82) is 0 Å². The monoisotopic (exact) mass is 284 g/mol. The highest BCUT2D eigenvalue weighted by molar-refractivity contribution is 4.86. The summed E-state index contributed by atoms with van der Waals surface area (Å²) in [5.41, 5.74) is -0.0601. The van der Waals surface area contributed by atoms with E-state index in [0.717, 1.165) is 37.9 Å². The molecule has 0 radical (unpaired) electrons. The molecule has 0 aromatic carbocycles. The number of hydrogen-bond acceptors (Lipinski definition) is 3. The molecular formula is C17H36N2O. The van der Waals surface area contributed by atoms with Gasteiger partial charge in [0, 0.05) is 11.6 Å². The van der Waals surface area contributed by atoms with Gasteiger partial charge in [-0.1, -0.05) is 33.6 Å². The molecule has 3 heteroatoms. The lowest BCUT2D eigenvalue weighted by atomic mass is 9.86. The molecule has 3 unspecified atom stereocenters. The fourth-order valence-electron chi connectivity index (χ4n) is 3.66. The van der Waals surface area contributed by atoms with Gasteiger partial charge in [0.25, 0.3) is 0 Å². The average molecular weight is 284 g/mol. The van der Waals surface area contributed by atoms with Crippen LogP contribution < -0.4 is 5.32 Å². The van der Waals surface area contributed by atoms with Crippen molar-refractivity contribution in [3.05, 3.63) is 0 Å². The predicted molar refractivity (Wildman–Crippen MR) is 87.1 cm³/mol. The molecule has 1 aliphatic carbocycles. The lowest BCUT2D eigenvalue weighted by Crippen LogP contribution is -2.48. The quantitative estimate of drug-likeness (QED) is 0.683. The van der Waals surface area contributed by atoms with Crippen molar-refractivity contribution in [2.45, 2.75) is 77.3 Å². The molecule has 2 N–H and O–H groups in total. The summed E-state index contributed by atoms with van der Waals surface area (Å²) in [5.74, 6) is 0.894. The second-order valence-electron chi connectivity index (χ2n) is 6.83. The van der Waals surface area contributed by atoms with Crippen LogP contribution in [-0.2, 0) is 0 Å². The van der Waals surface area contributed by atoms with Gasteiger partial charge in [0.2, 0.25) is 0 Å². The summed E-state index contributed by atoms with van der Waals surface area (Å²) in [5, 5.41) is 13.2. The van der Waals surface area contributed by atoms with Gasteiger partial charge in [-0.15, -0.1) is 0 Å². The van der Waals surface area contributed by atoms with E-state index in [1.54, 1.807) is 0 Å². The summed E-state index contributed by atoms with van der Waals surface area (Å²) in [6.45, 7) is 9.02. The van der Waals surface area contributed by atoms with Crippen LogP contribution in [-0.4, -0.2) is 48.3 Å². The molecule has 3 atom stereocenters. The smallest absolute Gasteiger partial charge is 0.0613 e. The second kappa shape index (κ2) is 9.01. The van der Waals surface area contributed by atoms with Gasteiger partial charge in [-0.3, -0.25) is 0 Å². The van der Waals surface area contributed by atoms with Gasteiger partial charge in [-0.2, -0.15) is 0 Å². The molecule has 0 spiro atoms. The maximum absolute atomic E-state index is 9.68. The second-order valence-corrected chi connectivity index (χ2v) is 6.83. The van der Waals surface area contributed by atoms with Gasteiger partial charge in [0.15, 0.2) is 0 Å². The third-order valence-corrected chi connectivity index (χ3v) is 5.23. The van der Waals surface area contributed by atoms with Crippen LogP contribution in [0.25, 0.3) is 0 Å². The SMILES string of the molecule is CCNC(CC)(CO)CCCN(C)C1CCCC(C)C1. The van der Waals surface area contributed by atoms with Crippen LogP contribution in [0.1, 0.15) is 65.7 Å². The van der Waals surface area contributed by atoms with Crippen molar-refractivity contribution in [2.75, 3.05) is 26.7 Å². The first-order chi connectivity index (χ1) is 9.56. The molecule has 1 saturated carbocycles. The third kappa shape index (κ3) is 5.34. The first-order valence-corrected chi connectivity index (χ1v) is 8.63. The topological polar surface area (TPSA) is 35.5 Å². The van der Waals surface area contributed by atoms with Crippen molar-refractivity contribution in [3.8, 4) is 0 Å². The molecule has 0 bridgehead atoms. The minimum Gasteiger partial charge on any atom is -0.394 e. The summed E-state index contributed by atoms with van der Waals surface area (Å²) in [4.78, 5) is 2.55. The molecule has 0 saturated heterocycles. The molecule has 20 heavy (non-hydrogen) atoms. The zero-order valence-electron chi connectivity index (χ0n) is 14.1. The van der Waals surface area contributed by atoms with Crippen LogP contribution >= 0.6 is 0 Å². The van der Waals surface area contributed by atoms with Crippen LogP contribution in [0, 0.1) is 5.92 Å². The number of hydrogen-bond donors (Lipinski definition) is 2. The molecule has 120 valence electrons. The van der Waals surface area contributed by atoms with E-state index in [-0.39, 0.29) is 12.1 Å². The summed E-state index contributed by atoms with van der Waals surface area (Å²) in [6.07, 6.45) is 8.78. The van der Waals surface area contributed by atoms with Crippen LogP contribution in [0.5, 0.6) is 0 Å². The summed E-state index contributed by atoms with van der Waals surface area (Å²) < 4.78 is 0. The first kappa shape index (κ1) is 17.9. The fraction of sp³-hybridized carbons (Fsp3) is 1.00. The molecule has 3 nitrogen and oxygen atoms in total. The molecule has 0 aliphatic heterocycles. The van der Waals surface area contributed by atoms with Gasteiger partial charge >= 0.3 is 0 Å². The van der Waals surface area contributed by atoms with Gasteiger partial charge in [-0.25, -0.2) is 0 Å². The lowest BCUT2D eigenvalue weighted by molar-refractivity contribution is 0.128. The van der Waals surface area contributed by atoms with Crippen molar-refractivity contribution >= 4 is 0 Å². The normalized spacial score (nSPS) is 26.7. The zero-order valence-corrected chi connectivity index (χ0v) is 14.1. The van der Waals surface area contributed by atoms with E-state index in [1.165, 1.54) is 32.1 Å². The van der Waals surface area contributed by atoms with Crippen LogP contribution in [0.3, 0.4) is 0 Å². The number of likely N-dealkylation sites (N-methyl/N-ethyl adjacent to an activating group) is 1.